The summed E-state index contributed by atoms with van der Waals surface area (Å²) in [5.74, 6) is -2.40. The molecule has 2 aromatic rings. The van der Waals surface area contributed by atoms with Crippen LogP contribution in [0, 0.1) is 18.6 Å². The van der Waals surface area contributed by atoms with Crippen LogP contribution in [0.2, 0.25) is 0 Å². The van der Waals surface area contributed by atoms with Crippen molar-refractivity contribution < 1.29 is 22.0 Å². The van der Waals surface area contributed by atoms with Crippen LogP contribution in [0.3, 0.4) is 0 Å². The average Bonchev–Trinajstić information content (AvgIpc) is 2.43. The molecule has 0 fully saturated rings. The molecule has 0 heterocycles. The van der Waals surface area contributed by atoms with E-state index >= 15 is 0 Å². The Morgan fingerprint density at radius 1 is 1.13 bits per heavy atom. The van der Waals surface area contributed by atoms with Crippen molar-refractivity contribution >= 4 is 27.3 Å². The summed E-state index contributed by atoms with van der Waals surface area (Å²) in [6, 6.07) is 5.36. The van der Waals surface area contributed by atoms with Gasteiger partial charge in [0.2, 0.25) is 10.0 Å². The zero-order valence-electron chi connectivity index (χ0n) is 11.9. The van der Waals surface area contributed by atoms with Gasteiger partial charge in [-0.1, -0.05) is 0 Å². The Labute approximate surface area is 131 Å². The third-order valence-electron chi connectivity index (χ3n) is 3.12. The molecular formula is C14H13F2N3O3S. The van der Waals surface area contributed by atoms with Crippen molar-refractivity contribution in [2.45, 2.75) is 11.8 Å². The van der Waals surface area contributed by atoms with Gasteiger partial charge < -0.3 is 11.1 Å². The van der Waals surface area contributed by atoms with Gasteiger partial charge in [0.15, 0.2) is 0 Å². The molecule has 0 aliphatic carbocycles. The van der Waals surface area contributed by atoms with Crippen molar-refractivity contribution in [3.05, 3.63) is 53.1 Å². The highest BCUT2D eigenvalue weighted by atomic mass is 32.2. The van der Waals surface area contributed by atoms with Crippen LogP contribution in [-0.2, 0) is 10.0 Å². The van der Waals surface area contributed by atoms with Gasteiger partial charge in [-0.05, 0) is 37.3 Å². The number of amides is 1. The van der Waals surface area contributed by atoms with Crippen molar-refractivity contribution in [3.63, 3.8) is 0 Å². The third-order valence-corrected chi connectivity index (χ3v) is 4.09. The fraction of sp³-hybridized carbons (Fsp3) is 0.0714. The van der Waals surface area contributed by atoms with E-state index in [0.29, 0.717) is 0 Å². The van der Waals surface area contributed by atoms with E-state index < -0.39 is 32.5 Å². The van der Waals surface area contributed by atoms with Gasteiger partial charge in [0.1, 0.15) is 16.5 Å². The van der Waals surface area contributed by atoms with E-state index in [2.05, 4.69) is 5.32 Å². The first-order chi connectivity index (χ1) is 10.6. The van der Waals surface area contributed by atoms with Gasteiger partial charge in [0.25, 0.3) is 5.91 Å². The second kappa shape index (κ2) is 5.94. The summed E-state index contributed by atoms with van der Waals surface area (Å²) >= 11 is 0. The molecule has 0 bridgehead atoms. The summed E-state index contributed by atoms with van der Waals surface area (Å²) in [6.45, 7) is 1.26. The van der Waals surface area contributed by atoms with Crippen LogP contribution in [0.25, 0.3) is 0 Å². The largest absolute Gasteiger partial charge is 0.398 e. The summed E-state index contributed by atoms with van der Waals surface area (Å²) in [5.41, 5.74) is 5.02. The number of hydrogen-bond acceptors (Lipinski definition) is 4. The minimum atomic E-state index is -4.11. The molecule has 0 aliphatic heterocycles. The topological polar surface area (TPSA) is 115 Å². The summed E-state index contributed by atoms with van der Waals surface area (Å²) in [7, 11) is -4.11. The Bertz CT molecular complexity index is 875. The normalized spacial score (nSPS) is 11.3. The Morgan fingerprint density at radius 2 is 1.70 bits per heavy atom. The number of hydrogen-bond donors (Lipinski definition) is 3. The fourth-order valence-corrected chi connectivity index (χ4v) is 2.53. The smallest absolute Gasteiger partial charge is 0.255 e. The van der Waals surface area contributed by atoms with E-state index in [1.54, 1.807) is 0 Å². The van der Waals surface area contributed by atoms with Gasteiger partial charge in [0.05, 0.1) is 5.69 Å². The number of rotatable bonds is 3. The first-order valence-corrected chi connectivity index (χ1v) is 7.83. The number of primary sulfonamides is 1. The lowest BCUT2D eigenvalue weighted by Crippen LogP contribution is -2.17. The average molecular weight is 341 g/mol. The van der Waals surface area contributed by atoms with Crippen molar-refractivity contribution in [2.24, 2.45) is 5.14 Å². The molecule has 2 rings (SSSR count). The molecule has 0 saturated carbocycles. The molecular weight excluding hydrogens is 328 g/mol. The molecule has 9 heteroatoms. The quantitative estimate of drug-likeness (QED) is 0.738. The third kappa shape index (κ3) is 3.63. The van der Waals surface area contributed by atoms with E-state index in [4.69, 9.17) is 10.9 Å². The maximum atomic E-state index is 13.5. The second-order valence-corrected chi connectivity index (χ2v) is 6.35. The summed E-state index contributed by atoms with van der Waals surface area (Å²) in [5, 5.41) is 7.27. The molecule has 0 aromatic heterocycles. The van der Waals surface area contributed by atoms with Gasteiger partial charge in [-0.3, -0.25) is 4.79 Å². The number of nitrogens with two attached hydrogens (primary N) is 2. The van der Waals surface area contributed by atoms with E-state index in [1.165, 1.54) is 19.1 Å². The Morgan fingerprint density at radius 3 is 2.22 bits per heavy atom. The molecule has 23 heavy (non-hydrogen) atoms. The zero-order valence-corrected chi connectivity index (χ0v) is 12.7. The van der Waals surface area contributed by atoms with E-state index in [0.717, 1.165) is 18.2 Å². The van der Waals surface area contributed by atoms with Crippen molar-refractivity contribution in [1.29, 1.82) is 0 Å². The van der Waals surface area contributed by atoms with Crippen LogP contribution >= 0.6 is 0 Å². The van der Waals surface area contributed by atoms with Crippen LogP contribution in [0.15, 0.2) is 35.2 Å². The number of halogens is 2. The van der Waals surface area contributed by atoms with Crippen LogP contribution in [0.1, 0.15) is 15.9 Å². The standard InChI is InChI=1S/C14H13F2N3O3S/c1-7-10(15)5-9(6-11(7)16)19-14(20)8-2-3-12(17)13(4-8)23(18,21)22/h2-6H,17H2,1H3,(H,19,20)(H2,18,21,22). The van der Waals surface area contributed by atoms with E-state index in [9.17, 15) is 22.0 Å². The number of nitrogen functional groups attached to an aromatic ring is 1. The predicted molar refractivity (Wildman–Crippen MR) is 81.3 cm³/mol. The fourth-order valence-electron chi connectivity index (χ4n) is 1.84. The molecule has 1 amide bonds. The van der Waals surface area contributed by atoms with Gasteiger partial charge in [0, 0.05) is 16.8 Å². The highest BCUT2D eigenvalue weighted by Crippen LogP contribution is 2.21. The summed E-state index contributed by atoms with van der Waals surface area (Å²) < 4.78 is 49.7. The van der Waals surface area contributed by atoms with Crippen molar-refractivity contribution in [3.8, 4) is 0 Å². The van der Waals surface area contributed by atoms with Gasteiger partial charge in [-0.2, -0.15) is 0 Å². The number of carbonyl (C=O) groups excluding carboxylic acids is 1. The molecule has 0 saturated heterocycles. The lowest BCUT2D eigenvalue weighted by molar-refractivity contribution is 0.102. The van der Waals surface area contributed by atoms with E-state index in [-0.39, 0.29) is 22.5 Å². The zero-order chi connectivity index (χ0) is 17.4. The lowest BCUT2D eigenvalue weighted by atomic mass is 10.1. The van der Waals surface area contributed by atoms with Crippen molar-refractivity contribution in [2.75, 3.05) is 11.1 Å². The predicted octanol–water partition coefficient (Wildman–Crippen LogP) is 1.76. The highest BCUT2D eigenvalue weighted by Gasteiger charge is 2.16. The molecule has 6 nitrogen and oxygen atoms in total. The molecule has 5 N–H and O–H groups in total. The molecule has 0 atom stereocenters. The number of nitrogens with one attached hydrogen (secondary N) is 1. The van der Waals surface area contributed by atoms with Gasteiger partial charge >= 0.3 is 0 Å². The first-order valence-electron chi connectivity index (χ1n) is 6.29. The molecule has 0 unspecified atom stereocenters. The SMILES string of the molecule is Cc1c(F)cc(NC(=O)c2ccc(N)c(S(N)(=O)=O)c2)cc1F. The van der Waals surface area contributed by atoms with Crippen LogP contribution in [-0.4, -0.2) is 14.3 Å². The van der Waals surface area contributed by atoms with Gasteiger partial charge in [-0.25, -0.2) is 22.3 Å². The highest BCUT2D eigenvalue weighted by molar-refractivity contribution is 7.89. The van der Waals surface area contributed by atoms with Gasteiger partial charge in [-0.15, -0.1) is 0 Å². The number of anilines is 2. The Balaban J connectivity index is 2.35. The minimum absolute atomic E-state index is 0.0791. The van der Waals surface area contributed by atoms with E-state index in [1.807, 2.05) is 0 Å². The number of carbonyl (C=O) groups is 1. The molecule has 0 aliphatic rings. The second-order valence-electron chi connectivity index (χ2n) is 4.82. The molecule has 2 aromatic carbocycles. The first kappa shape index (κ1) is 16.8. The number of benzene rings is 2. The lowest BCUT2D eigenvalue weighted by Gasteiger charge is -2.09. The van der Waals surface area contributed by atoms with Crippen LogP contribution in [0.5, 0.6) is 0 Å². The minimum Gasteiger partial charge on any atom is -0.398 e. The van der Waals surface area contributed by atoms with Crippen LogP contribution < -0.4 is 16.2 Å². The summed E-state index contributed by atoms with van der Waals surface area (Å²) in [6.07, 6.45) is 0. The molecule has 0 radical (unpaired) electrons. The summed E-state index contributed by atoms with van der Waals surface area (Å²) in [4.78, 5) is 11.7. The maximum absolute atomic E-state index is 13.5. The molecule has 122 valence electrons. The van der Waals surface area contributed by atoms with Crippen molar-refractivity contribution in [1.82, 2.24) is 0 Å². The Hall–Kier alpha value is -2.52. The Kier molecular flexibility index (Phi) is 4.35. The molecule has 0 spiro atoms. The monoisotopic (exact) mass is 341 g/mol. The number of sulfonamides is 1. The maximum Gasteiger partial charge on any atom is 0.255 e. The van der Waals surface area contributed by atoms with Crippen LogP contribution in [0.4, 0.5) is 20.2 Å².